The fourth-order valence-electron chi connectivity index (χ4n) is 2.34. The van der Waals surface area contributed by atoms with Gasteiger partial charge in [-0.2, -0.15) is 13.2 Å². The van der Waals surface area contributed by atoms with Crippen molar-refractivity contribution in [1.82, 2.24) is 4.57 Å². The van der Waals surface area contributed by atoms with Gasteiger partial charge >= 0.3 is 6.18 Å². The molecule has 0 aliphatic rings. The van der Waals surface area contributed by atoms with Crippen LogP contribution in [0.1, 0.15) is 0 Å². The van der Waals surface area contributed by atoms with Crippen LogP contribution in [0.3, 0.4) is 0 Å². The number of rotatable bonds is 2. The van der Waals surface area contributed by atoms with E-state index in [0.29, 0.717) is 5.52 Å². The summed E-state index contributed by atoms with van der Waals surface area (Å²) in [6, 6.07) is 17.0. The smallest absolute Gasteiger partial charge is 0.338 e. The first-order valence-corrected chi connectivity index (χ1v) is 6.24. The first-order valence-electron chi connectivity index (χ1n) is 6.24. The predicted molar refractivity (Wildman–Crippen MR) is 73.4 cm³/mol. The van der Waals surface area contributed by atoms with Crippen molar-refractivity contribution in [2.45, 2.75) is 12.7 Å². The molecule has 1 heterocycles. The lowest BCUT2D eigenvalue weighted by atomic mass is 10.0. The molecule has 3 rings (SSSR count). The van der Waals surface area contributed by atoms with E-state index in [-0.39, 0.29) is 0 Å². The number of halogens is 3. The quantitative estimate of drug-likeness (QED) is 0.628. The van der Waals surface area contributed by atoms with Crippen molar-refractivity contribution in [2.75, 3.05) is 0 Å². The molecule has 0 amide bonds. The molecule has 4 heteroatoms. The number of alkyl halides is 3. The lowest BCUT2D eigenvalue weighted by Crippen LogP contribution is -2.16. The Kier molecular flexibility index (Phi) is 3.01. The van der Waals surface area contributed by atoms with Gasteiger partial charge in [-0.1, -0.05) is 36.4 Å². The summed E-state index contributed by atoms with van der Waals surface area (Å²) in [4.78, 5) is 0. The molecular formula is C16H12F3N. The highest BCUT2D eigenvalue weighted by Crippen LogP contribution is 2.27. The van der Waals surface area contributed by atoms with Crippen LogP contribution < -0.4 is 0 Å². The Balaban J connectivity index is 2.02. The van der Waals surface area contributed by atoms with Crippen LogP contribution in [0.2, 0.25) is 0 Å². The molecule has 1 nitrogen and oxygen atoms in total. The molecule has 0 spiro atoms. The normalized spacial score (nSPS) is 11.9. The van der Waals surface area contributed by atoms with Crippen LogP contribution in [0.4, 0.5) is 13.2 Å². The molecule has 0 bridgehead atoms. The first kappa shape index (κ1) is 12.8. The van der Waals surface area contributed by atoms with Crippen LogP contribution >= 0.6 is 0 Å². The summed E-state index contributed by atoms with van der Waals surface area (Å²) in [5.74, 6) is 0. The van der Waals surface area contributed by atoms with E-state index in [2.05, 4.69) is 0 Å². The Morgan fingerprint density at radius 1 is 0.850 bits per heavy atom. The van der Waals surface area contributed by atoms with E-state index in [0.717, 1.165) is 16.5 Å². The third-order valence-corrected chi connectivity index (χ3v) is 3.23. The van der Waals surface area contributed by atoms with Gasteiger partial charge in [0.2, 0.25) is 0 Å². The largest absolute Gasteiger partial charge is 0.406 e. The monoisotopic (exact) mass is 275 g/mol. The molecule has 1 aromatic heterocycles. The minimum Gasteiger partial charge on any atom is -0.338 e. The zero-order valence-corrected chi connectivity index (χ0v) is 10.6. The molecule has 20 heavy (non-hydrogen) atoms. The van der Waals surface area contributed by atoms with Crippen molar-refractivity contribution in [3.05, 3.63) is 60.8 Å². The molecular weight excluding hydrogens is 263 g/mol. The lowest BCUT2D eigenvalue weighted by Gasteiger charge is -2.09. The average molecular weight is 275 g/mol. The van der Waals surface area contributed by atoms with E-state index in [4.69, 9.17) is 0 Å². The minimum atomic E-state index is -4.20. The molecule has 0 unspecified atom stereocenters. The van der Waals surface area contributed by atoms with E-state index < -0.39 is 12.7 Å². The molecule has 0 atom stereocenters. The molecule has 102 valence electrons. The van der Waals surface area contributed by atoms with Crippen molar-refractivity contribution in [3.63, 3.8) is 0 Å². The average Bonchev–Trinajstić information content (AvgIpc) is 2.80. The molecule has 0 saturated heterocycles. The molecule has 0 fully saturated rings. The topological polar surface area (TPSA) is 4.93 Å². The fraction of sp³-hybridized carbons (Fsp3) is 0.125. The molecule has 0 radical (unpaired) electrons. The highest BCUT2D eigenvalue weighted by Gasteiger charge is 2.28. The highest BCUT2D eigenvalue weighted by molar-refractivity contribution is 5.85. The summed E-state index contributed by atoms with van der Waals surface area (Å²) in [6.07, 6.45) is -2.73. The third kappa shape index (κ3) is 2.54. The third-order valence-electron chi connectivity index (χ3n) is 3.23. The number of hydrogen-bond donors (Lipinski definition) is 0. The number of hydrogen-bond acceptors (Lipinski definition) is 0. The summed E-state index contributed by atoms with van der Waals surface area (Å²) in [6.45, 7) is -0.957. The van der Waals surface area contributed by atoms with Gasteiger partial charge in [0.15, 0.2) is 0 Å². The number of benzene rings is 2. The zero-order chi connectivity index (χ0) is 14.2. The van der Waals surface area contributed by atoms with Gasteiger partial charge in [-0.25, -0.2) is 0 Å². The Hall–Kier alpha value is -2.23. The second-order valence-electron chi connectivity index (χ2n) is 4.70. The fourth-order valence-corrected chi connectivity index (χ4v) is 2.34. The van der Waals surface area contributed by atoms with Crippen molar-refractivity contribution < 1.29 is 13.2 Å². The van der Waals surface area contributed by atoms with E-state index >= 15 is 0 Å². The van der Waals surface area contributed by atoms with Crippen LogP contribution in [0.25, 0.3) is 22.0 Å². The highest BCUT2D eigenvalue weighted by atomic mass is 19.4. The minimum absolute atomic E-state index is 0.599. The van der Waals surface area contributed by atoms with Crippen molar-refractivity contribution in [3.8, 4) is 11.1 Å². The van der Waals surface area contributed by atoms with E-state index in [9.17, 15) is 13.2 Å². The van der Waals surface area contributed by atoms with Crippen LogP contribution in [-0.2, 0) is 6.54 Å². The van der Waals surface area contributed by atoms with E-state index in [1.54, 1.807) is 12.1 Å². The second-order valence-corrected chi connectivity index (χ2v) is 4.70. The van der Waals surface area contributed by atoms with Gasteiger partial charge in [-0.05, 0) is 29.3 Å². The zero-order valence-electron chi connectivity index (χ0n) is 10.6. The maximum atomic E-state index is 12.5. The summed E-state index contributed by atoms with van der Waals surface area (Å²) < 4.78 is 38.6. The Labute approximate surface area is 114 Å². The van der Waals surface area contributed by atoms with Crippen LogP contribution in [-0.4, -0.2) is 10.7 Å². The maximum absolute atomic E-state index is 12.5. The summed E-state index contributed by atoms with van der Waals surface area (Å²) in [7, 11) is 0. The Morgan fingerprint density at radius 3 is 2.30 bits per heavy atom. The number of fused-ring (bicyclic) bond motifs is 1. The number of aromatic nitrogens is 1. The van der Waals surface area contributed by atoms with E-state index in [1.165, 1.54) is 10.8 Å². The molecule has 0 aliphatic heterocycles. The molecule has 0 saturated carbocycles. The first-order chi connectivity index (χ1) is 9.53. The van der Waals surface area contributed by atoms with Gasteiger partial charge in [0.25, 0.3) is 0 Å². The number of nitrogens with zero attached hydrogens (tertiary/aromatic N) is 1. The maximum Gasteiger partial charge on any atom is 0.406 e. The SMILES string of the molecule is FC(F)(F)Cn1ccc2cc(-c3ccccc3)ccc21. The van der Waals surface area contributed by atoms with Gasteiger partial charge < -0.3 is 4.57 Å². The van der Waals surface area contributed by atoms with Gasteiger partial charge in [0, 0.05) is 17.1 Å². The van der Waals surface area contributed by atoms with Crippen molar-refractivity contribution in [1.29, 1.82) is 0 Å². The summed E-state index contributed by atoms with van der Waals surface area (Å²) in [5.41, 5.74) is 2.66. The van der Waals surface area contributed by atoms with Gasteiger partial charge in [0.05, 0.1) is 0 Å². The van der Waals surface area contributed by atoms with Crippen LogP contribution in [0.5, 0.6) is 0 Å². The molecule has 0 N–H and O–H groups in total. The Morgan fingerprint density at radius 2 is 1.60 bits per heavy atom. The summed E-state index contributed by atoms with van der Waals surface area (Å²) in [5, 5.41) is 0.815. The lowest BCUT2D eigenvalue weighted by molar-refractivity contribution is -0.139. The molecule has 2 aromatic carbocycles. The van der Waals surface area contributed by atoms with Crippen molar-refractivity contribution in [2.24, 2.45) is 0 Å². The van der Waals surface area contributed by atoms with E-state index in [1.807, 2.05) is 42.5 Å². The van der Waals surface area contributed by atoms with Gasteiger partial charge in [-0.15, -0.1) is 0 Å². The van der Waals surface area contributed by atoms with Crippen LogP contribution in [0.15, 0.2) is 60.8 Å². The standard InChI is InChI=1S/C16H12F3N/c17-16(18,19)11-20-9-8-14-10-13(6-7-15(14)20)12-4-2-1-3-5-12/h1-10H,11H2. The Bertz CT molecular complexity index is 726. The predicted octanol–water partition coefficient (Wildman–Crippen LogP) is 4.87. The van der Waals surface area contributed by atoms with Crippen LogP contribution in [0, 0.1) is 0 Å². The molecule has 0 aliphatic carbocycles. The van der Waals surface area contributed by atoms with Gasteiger partial charge in [-0.3, -0.25) is 0 Å². The summed E-state index contributed by atoms with van der Waals surface area (Å²) >= 11 is 0. The molecule has 3 aromatic rings. The van der Waals surface area contributed by atoms with Gasteiger partial charge in [0.1, 0.15) is 6.54 Å². The van der Waals surface area contributed by atoms with Crippen molar-refractivity contribution >= 4 is 10.9 Å². The second kappa shape index (κ2) is 4.71.